The van der Waals surface area contributed by atoms with Gasteiger partial charge in [0.15, 0.2) is 0 Å². The van der Waals surface area contributed by atoms with Crippen LogP contribution in [-0.4, -0.2) is 17.0 Å². The van der Waals surface area contributed by atoms with Crippen LogP contribution in [0.1, 0.15) is 38.2 Å². The Morgan fingerprint density at radius 3 is 2.71 bits per heavy atom. The average molecular weight is 291 g/mol. The number of carbonyl (C=O) groups excluding carboxylic acids is 1. The summed E-state index contributed by atoms with van der Waals surface area (Å²) in [5.74, 6) is 0.468. The van der Waals surface area contributed by atoms with Crippen LogP contribution in [-0.2, 0) is 0 Å². The monoisotopic (exact) mass is 291 g/mol. The molecule has 0 bridgehead atoms. The van der Waals surface area contributed by atoms with Gasteiger partial charge in [0, 0.05) is 18.2 Å². The Hall–Kier alpha value is -2.11. The first kappa shape index (κ1) is 15.3. The molecule has 114 valence electrons. The third-order valence-electron chi connectivity index (χ3n) is 4.11. The van der Waals surface area contributed by atoms with Crippen molar-refractivity contribution in [3.05, 3.63) is 33.9 Å². The van der Waals surface area contributed by atoms with Crippen molar-refractivity contribution in [3.63, 3.8) is 0 Å². The molecule has 2 amide bonds. The van der Waals surface area contributed by atoms with E-state index in [0.717, 1.165) is 24.8 Å². The fourth-order valence-corrected chi connectivity index (χ4v) is 2.72. The quantitative estimate of drug-likeness (QED) is 0.659. The lowest BCUT2D eigenvalue weighted by molar-refractivity contribution is -0.384. The second-order valence-corrected chi connectivity index (χ2v) is 5.72. The van der Waals surface area contributed by atoms with Crippen LogP contribution in [0.25, 0.3) is 0 Å². The Labute approximate surface area is 124 Å². The van der Waals surface area contributed by atoms with Gasteiger partial charge in [-0.25, -0.2) is 4.79 Å². The highest BCUT2D eigenvalue weighted by atomic mass is 16.6. The number of hydrogen-bond acceptors (Lipinski definition) is 3. The predicted octanol–water partition coefficient (Wildman–Crippen LogP) is 3.60. The van der Waals surface area contributed by atoms with Gasteiger partial charge >= 0.3 is 6.03 Å². The topological polar surface area (TPSA) is 84.3 Å². The summed E-state index contributed by atoms with van der Waals surface area (Å²) in [6.45, 7) is 3.95. The van der Waals surface area contributed by atoms with Crippen LogP contribution in [0.2, 0.25) is 0 Å². The molecule has 6 heteroatoms. The molecule has 2 N–H and O–H groups in total. The largest absolute Gasteiger partial charge is 0.335 e. The zero-order valence-electron chi connectivity index (χ0n) is 12.4. The van der Waals surface area contributed by atoms with Crippen molar-refractivity contribution in [1.82, 2.24) is 5.32 Å². The molecule has 1 aliphatic carbocycles. The normalized spacial score (nSPS) is 21.6. The first-order chi connectivity index (χ1) is 9.97. The molecule has 0 aliphatic heterocycles. The molecular formula is C15H21N3O3. The minimum Gasteiger partial charge on any atom is -0.335 e. The average Bonchev–Trinajstić information content (AvgIpc) is 2.43. The van der Waals surface area contributed by atoms with Crippen LogP contribution >= 0.6 is 0 Å². The van der Waals surface area contributed by atoms with Gasteiger partial charge in [-0.1, -0.05) is 25.8 Å². The van der Waals surface area contributed by atoms with Gasteiger partial charge in [0.25, 0.3) is 5.69 Å². The number of nitrogens with zero attached hydrogens (tertiary/aromatic N) is 1. The van der Waals surface area contributed by atoms with Crippen molar-refractivity contribution in [1.29, 1.82) is 0 Å². The number of benzene rings is 1. The molecule has 1 aromatic rings. The van der Waals surface area contributed by atoms with Crippen molar-refractivity contribution in [2.75, 3.05) is 5.32 Å². The Balaban J connectivity index is 2.02. The van der Waals surface area contributed by atoms with Crippen molar-refractivity contribution < 1.29 is 9.72 Å². The number of nitro groups is 1. The zero-order valence-corrected chi connectivity index (χ0v) is 12.4. The van der Waals surface area contributed by atoms with Crippen LogP contribution in [0.5, 0.6) is 0 Å². The van der Waals surface area contributed by atoms with E-state index in [0.29, 0.717) is 11.6 Å². The number of anilines is 1. The predicted molar refractivity (Wildman–Crippen MR) is 81.4 cm³/mol. The Bertz CT molecular complexity index is 545. The van der Waals surface area contributed by atoms with E-state index in [1.807, 2.05) is 6.92 Å². The Morgan fingerprint density at radius 1 is 1.33 bits per heavy atom. The van der Waals surface area contributed by atoms with E-state index in [1.165, 1.54) is 18.6 Å². The molecule has 6 nitrogen and oxygen atoms in total. The lowest BCUT2D eigenvalue weighted by Gasteiger charge is -2.29. The number of nitrogens with one attached hydrogen (secondary N) is 2. The van der Waals surface area contributed by atoms with Crippen molar-refractivity contribution in [2.45, 2.75) is 45.6 Å². The van der Waals surface area contributed by atoms with E-state index in [-0.39, 0.29) is 17.8 Å². The number of non-ortho nitro benzene ring substituents is 1. The maximum absolute atomic E-state index is 12.1. The van der Waals surface area contributed by atoms with Gasteiger partial charge in [-0.05, 0) is 31.2 Å². The molecule has 0 unspecified atom stereocenters. The highest BCUT2D eigenvalue weighted by Gasteiger charge is 2.23. The van der Waals surface area contributed by atoms with Crippen LogP contribution in [0, 0.1) is 23.0 Å². The molecule has 2 rings (SSSR count). The highest BCUT2D eigenvalue weighted by molar-refractivity contribution is 5.90. The maximum Gasteiger partial charge on any atom is 0.319 e. The first-order valence-corrected chi connectivity index (χ1v) is 7.30. The molecule has 21 heavy (non-hydrogen) atoms. The summed E-state index contributed by atoms with van der Waals surface area (Å²) in [4.78, 5) is 22.4. The molecule has 0 saturated heterocycles. The molecule has 2 atom stereocenters. The highest BCUT2D eigenvalue weighted by Crippen LogP contribution is 2.25. The number of hydrogen-bond donors (Lipinski definition) is 2. The fraction of sp³-hybridized carbons (Fsp3) is 0.533. The van der Waals surface area contributed by atoms with Gasteiger partial charge in [-0.3, -0.25) is 10.1 Å². The lowest BCUT2D eigenvalue weighted by atomic mass is 9.86. The lowest BCUT2D eigenvalue weighted by Crippen LogP contribution is -2.43. The van der Waals surface area contributed by atoms with E-state index in [4.69, 9.17) is 0 Å². The van der Waals surface area contributed by atoms with Gasteiger partial charge in [-0.15, -0.1) is 0 Å². The molecule has 0 heterocycles. The summed E-state index contributed by atoms with van der Waals surface area (Å²) in [6, 6.07) is 4.34. The number of amides is 2. The number of carbonyl (C=O) groups is 1. The van der Waals surface area contributed by atoms with Gasteiger partial charge < -0.3 is 10.6 Å². The van der Waals surface area contributed by atoms with Gasteiger partial charge in [0.2, 0.25) is 0 Å². The van der Waals surface area contributed by atoms with Crippen LogP contribution in [0.3, 0.4) is 0 Å². The second kappa shape index (κ2) is 6.56. The molecule has 1 aromatic carbocycles. The molecule has 1 saturated carbocycles. The fourth-order valence-electron chi connectivity index (χ4n) is 2.72. The smallest absolute Gasteiger partial charge is 0.319 e. The Kier molecular flexibility index (Phi) is 4.77. The van der Waals surface area contributed by atoms with Gasteiger partial charge in [0.1, 0.15) is 0 Å². The molecule has 1 fully saturated rings. The van der Waals surface area contributed by atoms with Crippen molar-refractivity contribution >= 4 is 17.4 Å². The summed E-state index contributed by atoms with van der Waals surface area (Å²) >= 11 is 0. The first-order valence-electron chi connectivity index (χ1n) is 7.30. The standard InChI is InChI=1S/C15H21N3O3/c1-10-5-3-4-6-13(10)16-15(19)17-14-9-12(18(20)21)8-7-11(14)2/h7-10,13H,3-6H2,1-2H3,(H2,16,17,19)/t10-,13-/m0/s1. The molecule has 0 spiro atoms. The Morgan fingerprint density at radius 2 is 2.05 bits per heavy atom. The van der Waals surface area contributed by atoms with Crippen molar-refractivity contribution in [2.24, 2.45) is 5.92 Å². The molecule has 0 aromatic heterocycles. The van der Waals surface area contributed by atoms with E-state index in [9.17, 15) is 14.9 Å². The zero-order chi connectivity index (χ0) is 15.4. The second-order valence-electron chi connectivity index (χ2n) is 5.72. The number of urea groups is 1. The third-order valence-corrected chi connectivity index (χ3v) is 4.11. The SMILES string of the molecule is Cc1ccc([N+](=O)[O-])cc1NC(=O)N[C@H]1CCCC[C@@H]1C. The molecule has 0 radical (unpaired) electrons. The summed E-state index contributed by atoms with van der Waals surface area (Å²) in [6.07, 6.45) is 4.46. The minimum atomic E-state index is -0.467. The minimum absolute atomic E-state index is 0.0260. The van der Waals surface area contributed by atoms with E-state index in [1.54, 1.807) is 6.07 Å². The number of nitro benzene ring substituents is 1. The van der Waals surface area contributed by atoms with Crippen LogP contribution < -0.4 is 10.6 Å². The summed E-state index contributed by atoms with van der Waals surface area (Å²) < 4.78 is 0. The van der Waals surface area contributed by atoms with E-state index >= 15 is 0 Å². The van der Waals surface area contributed by atoms with E-state index in [2.05, 4.69) is 17.6 Å². The van der Waals surface area contributed by atoms with Gasteiger partial charge in [0.05, 0.1) is 10.6 Å². The van der Waals surface area contributed by atoms with E-state index < -0.39 is 4.92 Å². The number of rotatable bonds is 3. The molecule has 1 aliphatic rings. The van der Waals surface area contributed by atoms with Crippen LogP contribution in [0.4, 0.5) is 16.2 Å². The van der Waals surface area contributed by atoms with Crippen LogP contribution in [0.15, 0.2) is 18.2 Å². The molecular weight excluding hydrogens is 270 g/mol. The summed E-state index contributed by atoms with van der Waals surface area (Å²) in [7, 11) is 0. The summed E-state index contributed by atoms with van der Waals surface area (Å²) in [5.41, 5.74) is 1.25. The van der Waals surface area contributed by atoms with Crippen molar-refractivity contribution in [3.8, 4) is 0 Å². The third kappa shape index (κ3) is 3.93. The number of aryl methyl sites for hydroxylation is 1. The summed E-state index contributed by atoms with van der Waals surface area (Å²) in [5, 5.41) is 16.5. The van der Waals surface area contributed by atoms with Gasteiger partial charge in [-0.2, -0.15) is 0 Å². The maximum atomic E-state index is 12.1.